The van der Waals surface area contributed by atoms with Crippen molar-refractivity contribution in [1.29, 1.82) is 5.26 Å². The second-order valence-corrected chi connectivity index (χ2v) is 4.24. The molecule has 0 atom stereocenters. The Morgan fingerprint density at radius 2 is 2.25 bits per heavy atom. The van der Waals surface area contributed by atoms with Gasteiger partial charge in [0.25, 0.3) is 0 Å². The monoisotopic (exact) mass is 230 g/mol. The van der Waals surface area contributed by atoms with Crippen molar-refractivity contribution in [1.82, 2.24) is 0 Å². The highest BCUT2D eigenvalue weighted by Crippen LogP contribution is 2.32. The Bertz CT molecular complexity index is 541. The number of hydrogen-bond donors (Lipinski definition) is 0. The first kappa shape index (κ1) is 10.7. The van der Waals surface area contributed by atoms with Gasteiger partial charge in [-0.15, -0.1) is 11.3 Å². The van der Waals surface area contributed by atoms with E-state index in [1.807, 2.05) is 35.7 Å². The van der Waals surface area contributed by atoms with E-state index >= 15 is 0 Å². The molecule has 1 aromatic heterocycles. The molecule has 2 rings (SSSR count). The number of thiophene rings is 1. The van der Waals surface area contributed by atoms with Crippen LogP contribution in [0, 0.1) is 11.3 Å². The van der Waals surface area contributed by atoms with Gasteiger partial charge in [-0.05, 0) is 6.07 Å². The lowest BCUT2D eigenvalue weighted by Crippen LogP contribution is -2.21. The summed E-state index contributed by atoms with van der Waals surface area (Å²) < 4.78 is 1.15. The Morgan fingerprint density at radius 3 is 3.00 bits per heavy atom. The van der Waals surface area contributed by atoms with Gasteiger partial charge < -0.3 is 4.90 Å². The summed E-state index contributed by atoms with van der Waals surface area (Å²) in [6.07, 6.45) is 1.13. The zero-order chi connectivity index (χ0) is 11.4. The number of anilines is 1. The zero-order valence-electron chi connectivity index (χ0n) is 8.59. The van der Waals surface area contributed by atoms with E-state index in [-0.39, 0.29) is 0 Å². The molecule has 1 heterocycles. The molecule has 0 bridgehead atoms. The van der Waals surface area contributed by atoms with Crippen molar-refractivity contribution in [3.63, 3.8) is 0 Å². The van der Waals surface area contributed by atoms with E-state index in [2.05, 4.69) is 0 Å². The van der Waals surface area contributed by atoms with Gasteiger partial charge in [-0.25, -0.2) is 0 Å². The Labute approximate surface area is 97.5 Å². The number of benzene rings is 1. The molecule has 0 saturated carbocycles. The first-order chi connectivity index (χ1) is 7.86. The average Bonchev–Trinajstić information content (AvgIpc) is 2.75. The van der Waals surface area contributed by atoms with E-state index in [1.54, 1.807) is 16.2 Å². The van der Waals surface area contributed by atoms with E-state index in [0.717, 1.165) is 22.2 Å². The summed E-state index contributed by atoms with van der Waals surface area (Å²) in [5.41, 5.74) is 0.894. The van der Waals surface area contributed by atoms with E-state index < -0.39 is 0 Å². The van der Waals surface area contributed by atoms with Crippen molar-refractivity contribution in [2.24, 2.45) is 0 Å². The molecule has 0 N–H and O–H groups in total. The second-order valence-electron chi connectivity index (χ2n) is 3.32. The van der Waals surface area contributed by atoms with Crippen molar-refractivity contribution in [2.45, 2.75) is 6.42 Å². The molecule has 0 radical (unpaired) electrons. The highest BCUT2D eigenvalue weighted by molar-refractivity contribution is 7.17. The number of amides is 1. The molecule has 1 amide bonds. The van der Waals surface area contributed by atoms with Crippen LogP contribution in [0.4, 0.5) is 5.69 Å². The summed E-state index contributed by atoms with van der Waals surface area (Å²) in [7, 11) is 0. The maximum absolute atomic E-state index is 11.0. The van der Waals surface area contributed by atoms with Gasteiger partial charge in [0.2, 0.25) is 6.41 Å². The number of carbonyl (C=O) groups excluding carboxylic acids is 1. The van der Waals surface area contributed by atoms with Crippen LogP contribution in [-0.2, 0) is 4.79 Å². The summed E-state index contributed by atoms with van der Waals surface area (Å²) in [6, 6.07) is 9.99. The summed E-state index contributed by atoms with van der Waals surface area (Å²) in [4.78, 5) is 12.6. The van der Waals surface area contributed by atoms with Gasteiger partial charge in [0.05, 0.1) is 18.2 Å². The molecular weight excluding hydrogens is 220 g/mol. The lowest BCUT2D eigenvalue weighted by Gasteiger charge is -2.14. The highest BCUT2D eigenvalue weighted by Gasteiger charge is 2.10. The minimum absolute atomic E-state index is 0.350. The first-order valence-corrected chi connectivity index (χ1v) is 5.80. The Hall–Kier alpha value is -1.86. The number of nitriles is 1. The van der Waals surface area contributed by atoms with Crippen LogP contribution < -0.4 is 4.90 Å². The quantitative estimate of drug-likeness (QED) is 0.758. The molecule has 0 fully saturated rings. The van der Waals surface area contributed by atoms with Gasteiger partial charge in [-0.1, -0.05) is 18.2 Å². The minimum Gasteiger partial charge on any atom is -0.313 e. The molecule has 3 nitrogen and oxygen atoms in total. The SMILES string of the molecule is N#CCCN(C=O)c1csc2ccccc12. The van der Waals surface area contributed by atoms with Gasteiger partial charge in [0.1, 0.15) is 0 Å². The standard InChI is InChI=1S/C12H10N2OS/c13-6-3-7-14(9-15)11-8-16-12-5-2-1-4-10(11)12/h1-2,4-5,8-9H,3,7H2. The van der Waals surface area contributed by atoms with Crippen molar-refractivity contribution in [3.8, 4) is 6.07 Å². The Balaban J connectivity index is 2.38. The fourth-order valence-corrected chi connectivity index (χ4v) is 2.54. The van der Waals surface area contributed by atoms with Crippen LogP contribution >= 0.6 is 11.3 Å². The van der Waals surface area contributed by atoms with E-state index in [0.29, 0.717) is 13.0 Å². The third-order valence-electron chi connectivity index (χ3n) is 2.36. The van der Waals surface area contributed by atoms with E-state index in [9.17, 15) is 4.79 Å². The highest BCUT2D eigenvalue weighted by atomic mass is 32.1. The second kappa shape index (κ2) is 4.77. The molecule has 80 valence electrons. The molecule has 2 aromatic rings. The van der Waals surface area contributed by atoms with Gasteiger partial charge in [0, 0.05) is 22.0 Å². The zero-order valence-corrected chi connectivity index (χ0v) is 9.41. The smallest absolute Gasteiger partial charge is 0.214 e. The van der Waals surface area contributed by atoms with Crippen molar-refractivity contribution >= 4 is 33.5 Å². The van der Waals surface area contributed by atoms with Crippen LogP contribution in [0.2, 0.25) is 0 Å². The number of fused-ring (bicyclic) bond motifs is 1. The lowest BCUT2D eigenvalue weighted by molar-refractivity contribution is -0.107. The molecule has 0 unspecified atom stereocenters. The lowest BCUT2D eigenvalue weighted by atomic mass is 10.2. The third-order valence-corrected chi connectivity index (χ3v) is 3.31. The third kappa shape index (κ3) is 1.90. The summed E-state index contributed by atoms with van der Waals surface area (Å²) in [6.45, 7) is 0.445. The van der Waals surface area contributed by atoms with Crippen LogP contribution in [-0.4, -0.2) is 13.0 Å². The van der Waals surface area contributed by atoms with Crippen molar-refractivity contribution in [2.75, 3.05) is 11.4 Å². The predicted molar refractivity (Wildman–Crippen MR) is 65.5 cm³/mol. The molecule has 4 heteroatoms. The molecule has 0 aliphatic heterocycles. The number of rotatable bonds is 4. The minimum atomic E-state index is 0.350. The maximum Gasteiger partial charge on any atom is 0.214 e. The van der Waals surface area contributed by atoms with Gasteiger partial charge in [-0.3, -0.25) is 4.79 Å². The van der Waals surface area contributed by atoms with Gasteiger partial charge in [-0.2, -0.15) is 5.26 Å². The van der Waals surface area contributed by atoms with Gasteiger partial charge in [0.15, 0.2) is 0 Å². The van der Waals surface area contributed by atoms with Crippen LogP contribution in [0.5, 0.6) is 0 Å². The molecular formula is C12H10N2OS. The normalized spacial score (nSPS) is 9.94. The number of carbonyl (C=O) groups is 1. The van der Waals surface area contributed by atoms with Crippen LogP contribution in [0.25, 0.3) is 10.1 Å². The maximum atomic E-state index is 11.0. The summed E-state index contributed by atoms with van der Waals surface area (Å²) >= 11 is 1.61. The Kier molecular flexibility index (Phi) is 3.18. The number of hydrogen-bond acceptors (Lipinski definition) is 3. The average molecular weight is 230 g/mol. The van der Waals surface area contributed by atoms with Gasteiger partial charge >= 0.3 is 0 Å². The number of nitrogens with zero attached hydrogens (tertiary/aromatic N) is 2. The van der Waals surface area contributed by atoms with Crippen LogP contribution in [0.1, 0.15) is 6.42 Å². The first-order valence-electron chi connectivity index (χ1n) is 4.92. The van der Waals surface area contributed by atoms with Crippen molar-refractivity contribution < 1.29 is 4.79 Å². The van der Waals surface area contributed by atoms with Crippen LogP contribution in [0.15, 0.2) is 29.6 Å². The fraction of sp³-hybridized carbons (Fsp3) is 0.167. The summed E-state index contributed by atoms with van der Waals surface area (Å²) in [5.74, 6) is 0. The molecule has 1 aromatic carbocycles. The Morgan fingerprint density at radius 1 is 1.44 bits per heavy atom. The molecule has 0 saturated heterocycles. The van der Waals surface area contributed by atoms with Crippen LogP contribution in [0.3, 0.4) is 0 Å². The molecule has 0 aliphatic carbocycles. The van der Waals surface area contributed by atoms with E-state index in [4.69, 9.17) is 5.26 Å². The topological polar surface area (TPSA) is 44.1 Å². The molecule has 16 heavy (non-hydrogen) atoms. The largest absolute Gasteiger partial charge is 0.313 e. The van der Waals surface area contributed by atoms with E-state index in [1.165, 1.54) is 0 Å². The summed E-state index contributed by atoms with van der Waals surface area (Å²) in [5, 5.41) is 11.6. The van der Waals surface area contributed by atoms with Crippen molar-refractivity contribution in [3.05, 3.63) is 29.6 Å². The predicted octanol–water partition coefficient (Wildman–Crippen LogP) is 2.78. The molecule has 0 spiro atoms. The fourth-order valence-electron chi connectivity index (χ4n) is 1.59. The molecule has 0 aliphatic rings.